The van der Waals surface area contributed by atoms with Gasteiger partial charge >= 0.3 is 0 Å². The number of carbonyl (C=O) groups is 1. The van der Waals surface area contributed by atoms with Crippen LogP contribution >= 0.6 is 11.6 Å². The Hall–Kier alpha value is -3.36. The van der Waals surface area contributed by atoms with E-state index < -0.39 is 0 Å². The first-order valence-electron chi connectivity index (χ1n) is 11.3. The maximum absolute atomic E-state index is 12.7. The number of aliphatic hydroxyl groups excluding tert-OH is 1. The van der Waals surface area contributed by atoms with E-state index >= 15 is 0 Å². The number of benzene rings is 1. The molecule has 1 amide bonds. The zero-order valence-corrected chi connectivity index (χ0v) is 19.4. The lowest BCUT2D eigenvalue weighted by molar-refractivity contribution is -0.131. The number of nitrogens with two attached hydrogens (primary N) is 1. The Bertz CT molecular complexity index is 1200. The van der Waals surface area contributed by atoms with E-state index in [9.17, 15) is 4.79 Å². The Kier molecular flexibility index (Phi) is 6.02. The molecule has 34 heavy (non-hydrogen) atoms. The van der Waals surface area contributed by atoms with Crippen molar-refractivity contribution in [1.29, 1.82) is 0 Å². The van der Waals surface area contributed by atoms with Crippen molar-refractivity contribution in [1.82, 2.24) is 19.7 Å². The minimum absolute atomic E-state index is 0.00466. The average Bonchev–Trinajstić information content (AvgIpc) is 3.51. The van der Waals surface area contributed by atoms with Crippen LogP contribution in [0, 0.1) is 0 Å². The standard InChI is InChI=1S/C25H26ClN5O3/c26-18-5-8-23(28-15-18)34-20-6-3-17(4-7-20)21-14-22(27)31(29-21)19-9-10-25(11-12-25)30(16-19)24(33)2-1-13-32/h1-8,14-15,19,32H,9-13,16,27H2/b2-1+. The summed E-state index contributed by atoms with van der Waals surface area (Å²) < 4.78 is 7.59. The Morgan fingerprint density at radius 1 is 1.24 bits per heavy atom. The highest BCUT2D eigenvalue weighted by Gasteiger charge is 2.52. The topological polar surface area (TPSA) is 107 Å². The maximum atomic E-state index is 12.7. The summed E-state index contributed by atoms with van der Waals surface area (Å²) in [5.74, 6) is 1.62. The first-order chi connectivity index (χ1) is 16.5. The number of likely N-dealkylation sites (tertiary alicyclic amines) is 1. The van der Waals surface area contributed by atoms with Crippen molar-refractivity contribution in [2.45, 2.75) is 37.3 Å². The molecule has 1 aliphatic heterocycles. The third-order valence-electron chi connectivity index (χ3n) is 6.55. The van der Waals surface area contributed by atoms with E-state index in [4.69, 9.17) is 32.3 Å². The quantitative estimate of drug-likeness (QED) is 0.513. The van der Waals surface area contributed by atoms with Gasteiger partial charge in [-0.1, -0.05) is 17.7 Å². The number of nitrogen functional groups attached to an aromatic ring is 1. The maximum Gasteiger partial charge on any atom is 0.246 e. The number of halogens is 1. The van der Waals surface area contributed by atoms with Gasteiger partial charge in [-0.25, -0.2) is 9.67 Å². The summed E-state index contributed by atoms with van der Waals surface area (Å²) >= 11 is 5.87. The fourth-order valence-electron chi connectivity index (χ4n) is 4.58. The van der Waals surface area contributed by atoms with Gasteiger partial charge in [0.2, 0.25) is 11.8 Å². The molecule has 2 aromatic heterocycles. The summed E-state index contributed by atoms with van der Waals surface area (Å²) in [4.78, 5) is 18.8. The molecule has 3 heterocycles. The van der Waals surface area contributed by atoms with E-state index in [2.05, 4.69) is 4.98 Å². The van der Waals surface area contributed by atoms with Gasteiger partial charge in [0.15, 0.2) is 0 Å². The number of ether oxygens (including phenoxy) is 1. The normalized spacial score (nSPS) is 19.0. The Morgan fingerprint density at radius 3 is 2.71 bits per heavy atom. The minimum atomic E-state index is -0.147. The molecule has 1 atom stereocenters. The van der Waals surface area contributed by atoms with Crippen LogP contribution in [0.1, 0.15) is 31.7 Å². The van der Waals surface area contributed by atoms with Crippen molar-refractivity contribution in [3.8, 4) is 22.9 Å². The fourth-order valence-corrected chi connectivity index (χ4v) is 4.69. The van der Waals surface area contributed by atoms with Crippen LogP contribution in [0.5, 0.6) is 11.6 Å². The predicted octanol–water partition coefficient (Wildman–Crippen LogP) is 4.22. The average molecular weight is 480 g/mol. The molecule has 1 spiro atoms. The molecule has 0 bridgehead atoms. The van der Waals surface area contributed by atoms with Crippen LogP contribution < -0.4 is 10.5 Å². The number of pyridine rings is 1. The smallest absolute Gasteiger partial charge is 0.246 e. The van der Waals surface area contributed by atoms with E-state index in [0.717, 1.165) is 36.9 Å². The Labute approximate surface area is 202 Å². The Morgan fingerprint density at radius 2 is 2.03 bits per heavy atom. The van der Waals surface area contributed by atoms with Crippen LogP contribution in [0.4, 0.5) is 5.82 Å². The molecular formula is C25H26ClN5O3. The SMILES string of the molecule is Nc1cc(-c2ccc(Oc3ccc(Cl)cn3)cc2)nn1C1CCC2(CC2)N(C(=O)/C=C/CO)C1. The molecule has 3 N–H and O–H groups in total. The molecular weight excluding hydrogens is 454 g/mol. The summed E-state index contributed by atoms with van der Waals surface area (Å²) in [6, 6.07) is 12.8. The fraction of sp³-hybridized carbons (Fsp3) is 0.320. The van der Waals surface area contributed by atoms with E-state index in [0.29, 0.717) is 29.0 Å². The first kappa shape index (κ1) is 22.4. The van der Waals surface area contributed by atoms with Crippen LogP contribution in [0.15, 0.2) is 60.8 Å². The predicted molar refractivity (Wildman–Crippen MR) is 130 cm³/mol. The number of rotatable bonds is 6. The molecule has 2 fully saturated rings. The second-order valence-electron chi connectivity index (χ2n) is 8.79. The highest BCUT2D eigenvalue weighted by molar-refractivity contribution is 6.30. The second-order valence-corrected chi connectivity index (χ2v) is 9.23. The van der Waals surface area contributed by atoms with Crippen molar-refractivity contribution >= 4 is 23.3 Å². The van der Waals surface area contributed by atoms with Gasteiger partial charge in [-0.05, 0) is 56.0 Å². The lowest BCUT2D eigenvalue weighted by Gasteiger charge is -2.40. The minimum Gasteiger partial charge on any atom is -0.439 e. The number of nitrogens with zero attached hydrogens (tertiary/aromatic N) is 4. The summed E-state index contributed by atoms with van der Waals surface area (Å²) in [5, 5.41) is 14.4. The number of hydrogen-bond donors (Lipinski definition) is 2. The molecule has 5 rings (SSSR count). The molecule has 1 aliphatic carbocycles. The van der Waals surface area contributed by atoms with Gasteiger partial charge in [-0.15, -0.1) is 0 Å². The van der Waals surface area contributed by atoms with Crippen LogP contribution in [-0.2, 0) is 4.79 Å². The lowest BCUT2D eigenvalue weighted by atomic mass is 9.96. The monoisotopic (exact) mass is 479 g/mol. The summed E-state index contributed by atoms with van der Waals surface area (Å²) in [6.45, 7) is 0.409. The van der Waals surface area contributed by atoms with Gasteiger partial charge in [0.25, 0.3) is 0 Å². The third kappa shape index (κ3) is 4.51. The zero-order chi connectivity index (χ0) is 23.7. The summed E-state index contributed by atoms with van der Waals surface area (Å²) in [5.41, 5.74) is 7.98. The molecule has 1 saturated heterocycles. The zero-order valence-electron chi connectivity index (χ0n) is 18.6. The van der Waals surface area contributed by atoms with Crippen molar-refractivity contribution in [3.63, 3.8) is 0 Å². The first-order valence-corrected chi connectivity index (χ1v) is 11.7. The van der Waals surface area contributed by atoms with Crippen molar-refractivity contribution in [2.24, 2.45) is 0 Å². The third-order valence-corrected chi connectivity index (χ3v) is 6.77. The van der Waals surface area contributed by atoms with E-state index in [1.165, 1.54) is 18.3 Å². The van der Waals surface area contributed by atoms with E-state index in [1.54, 1.807) is 12.1 Å². The number of aromatic nitrogens is 3. The summed E-state index contributed by atoms with van der Waals surface area (Å²) in [6.07, 6.45) is 8.38. The molecule has 9 heteroatoms. The number of anilines is 1. The van der Waals surface area contributed by atoms with Gasteiger partial charge in [0.1, 0.15) is 11.6 Å². The number of hydrogen-bond acceptors (Lipinski definition) is 6. The van der Waals surface area contributed by atoms with Gasteiger partial charge < -0.3 is 20.5 Å². The lowest BCUT2D eigenvalue weighted by Crippen LogP contribution is -2.48. The highest BCUT2D eigenvalue weighted by Crippen LogP contribution is 2.50. The van der Waals surface area contributed by atoms with Crippen molar-refractivity contribution < 1.29 is 14.6 Å². The van der Waals surface area contributed by atoms with Gasteiger partial charge in [0, 0.05) is 42.1 Å². The van der Waals surface area contributed by atoms with E-state index in [1.807, 2.05) is 39.9 Å². The van der Waals surface area contributed by atoms with Crippen molar-refractivity contribution in [3.05, 3.63) is 65.8 Å². The van der Waals surface area contributed by atoms with E-state index in [-0.39, 0.29) is 24.1 Å². The molecule has 1 unspecified atom stereocenters. The van der Waals surface area contributed by atoms with Crippen LogP contribution in [0.25, 0.3) is 11.3 Å². The number of piperidine rings is 1. The number of aliphatic hydroxyl groups is 1. The van der Waals surface area contributed by atoms with Crippen LogP contribution in [-0.4, -0.2) is 49.4 Å². The highest BCUT2D eigenvalue weighted by atomic mass is 35.5. The van der Waals surface area contributed by atoms with Gasteiger partial charge in [0.05, 0.1) is 23.4 Å². The molecule has 2 aliphatic rings. The van der Waals surface area contributed by atoms with Gasteiger partial charge in [-0.2, -0.15) is 5.10 Å². The Balaban J connectivity index is 1.31. The number of amides is 1. The molecule has 3 aromatic rings. The molecule has 1 saturated carbocycles. The van der Waals surface area contributed by atoms with Crippen LogP contribution in [0.3, 0.4) is 0 Å². The largest absolute Gasteiger partial charge is 0.439 e. The number of carbonyl (C=O) groups excluding carboxylic acids is 1. The molecule has 8 nitrogen and oxygen atoms in total. The van der Waals surface area contributed by atoms with Gasteiger partial charge in [-0.3, -0.25) is 4.79 Å². The van der Waals surface area contributed by atoms with Crippen LogP contribution in [0.2, 0.25) is 5.02 Å². The molecule has 176 valence electrons. The van der Waals surface area contributed by atoms with Crippen molar-refractivity contribution in [2.75, 3.05) is 18.9 Å². The second kappa shape index (κ2) is 9.12. The summed E-state index contributed by atoms with van der Waals surface area (Å²) in [7, 11) is 0. The molecule has 0 radical (unpaired) electrons. The molecule has 1 aromatic carbocycles.